The number of carbonyl (C=O) groups is 1. The summed E-state index contributed by atoms with van der Waals surface area (Å²) in [7, 11) is 0. The van der Waals surface area contributed by atoms with Gasteiger partial charge in [-0.05, 0) is 6.42 Å². The molecule has 0 aliphatic carbocycles. The molecule has 0 aromatic rings. The molecule has 1 N–H and O–H groups in total. The molecule has 0 radical (unpaired) electrons. The Balaban J connectivity index is 1.66. The Labute approximate surface area is 89.1 Å². The highest BCUT2D eigenvalue weighted by atomic mass is 16.6. The van der Waals surface area contributed by atoms with Crippen molar-refractivity contribution >= 4 is 5.97 Å². The third-order valence-electron chi connectivity index (χ3n) is 2.68. The van der Waals surface area contributed by atoms with Crippen LogP contribution in [0.5, 0.6) is 0 Å². The fourth-order valence-corrected chi connectivity index (χ4v) is 1.72. The number of rotatable bonds is 3. The fourth-order valence-electron chi connectivity index (χ4n) is 1.72. The van der Waals surface area contributed by atoms with Gasteiger partial charge in [-0.2, -0.15) is 0 Å². The Morgan fingerprint density at radius 2 is 2.40 bits per heavy atom. The van der Waals surface area contributed by atoms with Crippen LogP contribution in [0.25, 0.3) is 0 Å². The highest BCUT2D eigenvalue weighted by molar-refractivity contribution is 5.75. The topological polar surface area (TPSA) is 56.8 Å². The van der Waals surface area contributed by atoms with E-state index < -0.39 is 6.10 Å². The zero-order valence-corrected chi connectivity index (χ0v) is 8.74. The van der Waals surface area contributed by atoms with Crippen molar-refractivity contribution in [1.82, 2.24) is 5.32 Å². The summed E-state index contributed by atoms with van der Waals surface area (Å²) >= 11 is 0. The van der Waals surface area contributed by atoms with E-state index in [2.05, 4.69) is 5.32 Å². The predicted octanol–water partition coefficient (Wildman–Crippen LogP) is -0.445. The Bertz CT molecular complexity index is 209. The third kappa shape index (κ3) is 3.15. The van der Waals surface area contributed by atoms with Crippen LogP contribution in [0.4, 0.5) is 0 Å². The molecule has 15 heavy (non-hydrogen) atoms. The van der Waals surface area contributed by atoms with Crippen molar-refractivity contribution in [3.8, 4) is 0 Å². The SMILES string of the molecule is O=C(OCC1CCOC1)C1CNCCO1. The molecule has 0 aromatic heterocycles. The summed E-state index contributed by atoms with van der Waals surface area (Å²) in [6.07, 6.45) is 0.554. The molecule has 0 saturated carbocycles. The first-order chi connectivity index (χ1) is 7.36. The molecule has 2 atom stereocenters. The summed E-state index contributed by atoms with van der Waals surface area (Å²) in [5.41, 5.74) is 0. The quantitative estimate of drug-likeness (QED) is 0.646. The highest BCUT2D eigenvalue weighted by Crippen LogP contribution is 2.13. The molecular weight excluding hydrogens is 198 g/mol. The number of esters is 1. The van der Waals surface area contributed by atoms with Crippen molar-refractivity contribution in [3.63, 3.8) is 0 Å². The number of hydrogen-bond donors (Lipinski definition) is 1. The average molecular weight is 215 g/mol. The standard InChI is InChI=1S/C10H17NO4/c12-10(9-5-11-2-4-14-9)15-7-8-1-3-13-6-8/h8-9,11H,1-7H2. The van der Waals surface area contributed by atoms with Gasteiger partial charge < -0.3 is 19.5 Å². The summed E-state index contributed by atoms with van der Waals surface area (Å²) in [6.45, 7) is 3.88. The number of morpholine rings is 1. The molecule has 0 spiro atoms. The van der Waals surface area contributed by atoms with E-state index >= 15 is 0 Å². The summed E-state index contributed by atoms with van der Waals surface area (Å²) in [5, 5.41) is 3.09. The summed E-state index contributed by atoms with van der Waals surface area (Å²) in [6, 6.07) is 0. The van der Waals surface area contributed by atoms with E-state index in [1.54, 1.807) is 0 Å². The first-order valence-electron chi connectivity index (χ1n) is 5.43. The minimum absolute atomic E-state index is 0.255. The molecule has 0 bridgehead atoms. The van der Waals surface area contributed by atoms with Gasteiger partial charge in [0.25, 0.3) is 0 Å². The maximum atomic E-state index is 11.5. The van der Waals surface area contributed by atoms with E-state index in [0.717, 1.165) is 19.6 Å². The van der Waals surface area contributed by atoms with Crippen molar-refractivity contribution < 1.29 is 19.0 Å². The van der Waals surface area contributed by atoms with Gasteiger partial charge in [0, 0.05) is 25.6 Å². The molecule has 0 aromatic carbocycles. The second-order valence-electron chi connectivity index (χ2n) is 3.92. The second-order valence-corrected chi connectivity index (χ2v) is 3.92. The Morgan fingerprint density at radius 1 is 1.47 bits per heavy atom. The van der Waals surface area contributed by atoms with E-state index in [9.17, 15) is 4.79 Å². The van der Waals surface area contributed by atoms with Crippen LogP contribution in [0, 0.1) is 5.92 Å². The zero-order chi connectivity index (χ0) is 10.5. The van der Waals surface area contributed by atoms with Crippen molar-refractivity contribution in [1.29, 1.82) is 0 Å². The average Bonchev–Trinajstić information content (AvgIpc) is 2.80. The minimum atomic E-state index is -0.430. The van der Waals surface area contributed by atoms with Crippen LogP contribution in [0.2, 0.25) is 0 Å². The van der Waals surface area contributed by atoms with Crippen LogP contribution in [0.1, 0.15) is 6.42 Å². The number of hydrogen-bond acceptors (Lipinski definition) is 5. The van der Waals surface area contributed by atoms with E-state index in [1.807, 2.05) is 0 Å². The molecule has 86 valence electrons. The highest BCUT2D eigenvalue weighted by Gasteiger charge is 2.25. The lowest BCUT2D eigenvalue weighted by atomic mass is 10.1. The molecule has 2 fully saturated rings. The van der Waals surface area contributed by atoms with Gasteiger partial charge in [0.15, 0.2) is 6.10 Å². The maximum absolute atomic E-state index is 11.5. The van der Waals surface area contributed by atoms with Gasteiger partial charge >= 0.3 is 5.97 Å². The van der Waals surface area contributed by atoms with Crippen molar-refractivity contribution in [2.75, 3.05) is 39.5 Å². The van der Waals surface area contributed by atoms with Crippen molar-refractivity contribution in [2.45, 2.75) is 12.5 Å². The Morgan fingerprint density at radius 3 is 3.07 bits per heavy atom. The molecule has 2 saturated heterocycles. The van der Waals surface area contributed by atoms with Gasteiger partial charge in [-0.3, -0.25) is 0 Å². The molecule has 2 rings (SSSR count). The molecule has 5 nitrogen and oxygen atoms in total. The van der Waals surface area contributed by atoms with E-state index in [-0.39, 0.29) is 5.97 Å². The Hall–Kier alpha value is -0.650. The van der Waals surface area contributed by atoms with Crippen LogP contribution in [0.15, 0.2) is 0 Å². The van der Waals surface area contributed by atoms with Crippen LogP contribution in [0.3, 0.4) is 0 Å². The molecule has 2 aliphatic heterocycles. The third-order valence-corrected chi connectivity index (χ3v) is 2.68. The van der Waals surface area contributed by atoms with Gasteiger partial charge in [0.2, 0.25) is 0 Å². The van der Waals surface area contributed by atoms with Crippen LogP contribution in [-0.2, 0) is 19.0 Å². The number of carbonyl (C=O) groups excluding carboxylic acids is 1. The minimum Gasteiger partial charge on any atom is -0.463 e. The first-order valence-corrected chi connectivity index (χ1v) is 5.43. The molecule has 2 heterocycles. The van der Waals surface area contributed by atoms with E-state index in [0.29, 0.717) is 32.3 Å². The van der Waals surface area contributed by atoms with Crippen LogP contribution < -0.4 is 5.32 Å². The van der Waals surface area contributed by atoms with Gasteiger partial charge in [-0.25, -0.2) is 4.79 Å². The monoisotopic (exact) mass is 215 g/mol. The van der Waals surface area contributed by atoms with Gasteiger partial charge in [-0.1, -0.05) is 0 Å². The van der Waals surface area contributed by atoms with Gasteiger partial charge in [0.05, 0.1) is 19.8 Å². The maximum Gasteiger partial charge on any atom is 0.336 e. The molecule has 0 amide bonds. The van der Waals surface area contributed by atoms with Crippen LogP contribution >= 0.6 is 0 Å². The van der Waals surface area contributed by atoms with E-state index in [1.165, 1.54) is 0 Å². The molecule has 2 unspecified atom stereocenters. The smallest absolute Gasteiger partial charge is 0.336 e. The summed E-state index contributed by atoms with van der Waals surface area (Å²) < 4.78 is 15.7. The number of nitrogens with one attached hydrogen (secondary N) is 1. The molecule has 2 aliphatic rings. The van der Waals surface area contributed by atoms with Crippen molar-refractivity contribution in [3.05, 3.63) is 0 Å². The van der Waals surface area contributed by atoms with Gasteiger partial charge in [0.1, 0.15) is 0 Å². The van der Waals surface area contributed by atoms with Crippen LogP contribution in [-0.4, -0.2) is 51.6 Å². The fraction of sp³-hybridized carbons (Fsp3) is 0.900. The number of ether oxygens (including phenoxy) is 3. The largest absolute Gasteiger partial charge is 0.463 e. The lowest BCUT2D eigenvalue weighted by molar-refractivity contribution is -0.160. The molecular formula is C10H17NO4. The van der Waals surface area contributed by atoms with Crippen molar-refractivity contribution in [2.24, 2.45) is 5.92 Å². The predicted molar refractivity (Wildman–Crippen MR) is 52.5 cm³/mol. The van der Waals surface area contributed by atoms with Gasteiger partial charge in [-0.15, -0.1) is 0 Å². The summed E-state index contributed by atoms with van der Waals surface area (Å²) in [4.78, 5) is 11.5. The zero-order valence-electron chi connectivity index (χ0n) is 8.74. The second kappa shape index (κ2) is 5.44. The van der Waals surface area contributed by atoms with E-state index in [4.69, 9.17) is 14.2 Å². The lowest BCUT2D eigenvalue weighted by Gasteiger charge is -2.22. The lowest BCUT2D eigenvalue weighted by Crippen LogP contribution is -2.44. The normalized spacial score (nSPS) is 31.5. The Kier molecular flexibility index (Phi) is 3.94. The first kappa shape index (κ1) is 10.9. The summed E-state index contributed by atoms with van der Waals surface area (Å²) in [5.74, 6) is 0.111. The molecule has 5 heteroatoms.